The van der Waals surface area contributed by atoms with E-state index in [1.807, 2.05) is 49.4 Å². The predicted octanol–water partition coefficient (Wildman–Crippen LogP) is 4.18. The van der Waals surface area contributed by atoms with Crippen LogP contribution < -0.4 is 4.90 Å². The fraction of sp³-hybridized carbons (Fsp3) is 0.500. The molecule has 7 nitrogen and oxygen atoms in total. The molecule has 3 saturated heterocycles. The number of benzene rings is 2. The Bertz CT molecular complexity index is 1270. The molecule has 8 heteroatoms. The van der Waals surface area contributed by atoms with Crippen LogP contribution in [-0.4, -0.2) is 69.6 Å². The van der Waals surface area contributed by atoms with Gasteiger partial charge in [-0.15, -0.1) is 18.3 Å². The molecule has 2 bridgehead atoms. The lowest BCUT2D eigenvalue weighted by Gasteiger charge is -2.37. The van der Waals surface area contributed by atoms with E-state index < -0.39 is 27.4 Å². The molecule has 1 spiro atoms. The summed E-state index contributed by atoms with van der Waals surface area (Å²) in [5.41, 5.74) is 0.752. The standard InChI is InChI=1S/C30H36N2O5S/c1-4-16-31(22-13-12-20-10-6-7-11-21(20)19-22)27(35)25-30-15-14-29(3,38-30)24(28(36)37-5-2)23(30)26(34)32(25)17-8-9-18-33/h4,6-7,10-13,19,23-25,33H,1,5,8-9,14-18H2,2-3H3/t23-,24-,25?,29+,30?/m0/s1. The molecule has 1 N–H and O–H groups in total. The lowest BCUT2D eigenvalue weighted by molar-refractivity contribution is -0.155. The van der Waals surface area contributed by atoms with E-state index in [4.69, 9.17) is 4.74 Å². The number of carbonyl (C=O) groups is 3. The van der Waals surface area contributed by atoms with E-state index in [0.29, 0.717) is 32.4 Å². The molecule has 0 aromatic heterocycles. The van der Waals surface area contributed by atoms with Crippen molar-refractivity contribution in [3.05, 3.63) is 55.1 Å². The maximum Gasteiger partial charge on any atom is 0.311 e. The van der Waals surface area contributed by atoms with Crippen LogP contribution in [0.15, 0.2) is 55.1 Å². The number of hydrogen-bond acceptors (Lipinski definition) is 6. The van der Waals surface area contributed by atoms with E-state index in [0.717, 1.165) is 22.9 Å². The van der Waals surface area contributed by atoms with Crippen molar-refractivity contribution < 1.29 is 24.2 Å². The second kappa shape index (κ2) is 10.4. The zero-order valence-corrected chi connectivity index (χ0v) is 22.9. The van der Waals surface area contributed by atoms with Gasteiger partial charge in [0.15, 0.2) is 0 Å². The highest BCUT2D eigenvalue weighted by Crippen LogP contribution is 2.71. The maximum absolute atomic E-state index is 14.6. The molecule has 3 aliphatic heterocycles. The first-order chi connectivity index (χ1) is 18.3. The number of rotatable bonds is 10. The molecule has 3 fully saturated rings. The number of aliphatic hydroxyl groups is 1. The third kappa shape index (κ3) is 4.13. The number of likely N-dealkylation sites (tertiary alicyclic amines) is 1. The number of nitrogens with zero attached hydrogens (tertiary/aromatic N) is 2. The van der Waals surface area contributed by atoms with Gasteiger partial charge in [0.25, 0.3) is 5.91 Å². The van der Waals surface area contributed by atoms with Crippen LogP contribution in [0.3, 0.4) is 0 Å². The van der Waals surface area contributed by atoms with E-state index in [-0.39, 0.29) is 31.0 Å². The third-order valence-electron chi connectivity index (χ3n) is 8.48. The minimum Gasteiger partial charge on any atom is -0.466 e. The molecule has 5 rings (SSSR count). The Balaban J connectivity index is 1.58. The zero-order chi connectivity index (χ0) is 27.1. The number of unbranched alkanes of at least 4 members (excludes halogenated alkanes) is 1. The van der Waals surface area contributed by atoms with Crippen LogP contribution in [0.5, 0.6) is 0 Å². The van der Waals surface area contributed by atoms with Gasteiger partial charge in [0.05, 0.1) is 23.2 Å². The highest BCUT2D eigenvalue weighted by molar-refractivity contribution is 8.02. The molecule has 38 heavy (non-hydrogen) atoms. The summed E-state index contributed by atoms with van der Waals surface area (Å²) >= 11 is 1.64. The Morgan fingerprint density at radius 1 is 1.21 bits per heavy atom. The van der Waals surface area contributed by atoms with Crippen LogP contribution in [0, 0.1) is 11.8 Å². The highest BCUT2D eigenvalue weighted by atomic mass is 32.2. The van der Waals surface area contributed by atoms with E-state index in [9.17, 15) is 19.5 Å². The summed E-state index contributed by atoms with van der Waals surface area (Å²) in [5.74, 6) is -1.83. The minimum atomic E-state index is -0.712. The summed E-state index contributed by atoms with van der Waals surface area (Å²) in [6, 6.07) is 13.2. The number of anilines is 1. The summed E-state index contributed by atoms with van der Waals surface area (Å²) in [4.78, 5) is 45.3. The van der Waals surface area contributed by atoms with Gasteiger partial charge in [-0.1, -0.05) is 36.4 Å². The molecule has 2 aromatic rings. The molecule has 2 amide bonds. The fourth-order valence-electron chi connectivity index (χ4n) is 6.87. The van der Waals surface area contributed by atoms with Crippen molar-refractivity contribution in [1.29, 1.82) is 0 Å². The third-order valence-corrected chi connectivity index (χ3v) is 10.5. The Morgan fingerprint density at radius 2 is 1.97 bits per heavy atom. The number of aliphatic hydroxyl groups excluding tert-OH is 1. The van der Waals surface area contributed by atoms with Crippen molar-refractivity contribution in [1.82, 2.24) is 4.90 Å². The van der Waals surface area contributed by atoms with E-state index in [1.165, 1.54) is 0 Å². The van der Waals surface area contributed by atoms with Gasteiger partial charge in [-0.2, -0.15) is 0 Å². The number of esters is 1. The molecular formula is C30H36N2O5S. The number of carbonyl (C=O) groups excluding carboxylic acids is 3. The smallest absolute Gasteiger partial charge is 0.311 e. The van der Waals surface area contributed by atoms with Gasteiger partial charge in [0, 0.05) is 30.1 Å². The Hall–Kier alpha value is -2.84. The highest BCUT2D eigenvalue weighted by Gasteiger charge is 2.77. The van der Waals surface area contributed by atoms with Gasteiger partial charge in [-0.3, -0.25) is 14.4 Å². The van der Waals surface area contributed by atoms with Crippen LogP contribution in [0.1, 0.15) is 39.5 Å². The second-order valence-corrected chi connectivity index (χ2v) is 12.6. The van der Waals surface area contributed by atoms with Gasteiger partial charge < -0.3 is 19.6 Å². The summed E-state index contributed by atoms with van der Waals surface area (Å²) in [6.45, 7) is 8.66. The van der Waals surface area contributed by atoms with E-state index in [1.54, 1.807) is 34.6 Å². The molecule has 5 atom stereocenters. The maximum atomic E-state index is 14.6. The van der Waals surface area contributed by atoms with Gasteiger partial charge in [0.1, 0.15) is 6.04 Å². The average Bonchev–Trinajstić information content (AvgIpc) is 3.47. The molecule has 2 unspecified atom stereocenters. The first-order valence-electron chi connectivity index (χ1n) is 13.5. The summed E-state index contributed by atoms with van der Waals surface area (Å²) < 4.78 is 4.31. The molecule has 3 aliphatic rings. The Labute approximate surface area is 228 Å². The van der Waals surface area contributed by atoms with Crippen LogP contribution in [0.4, 0.5) is 5.69 Å². The average molecular weight is 537 g/mol. The number of thioether (sulfide) groups is 1. The van der Waals surface area contributed by atoms with Crippen molar-refractivity contribution in [2.75, 3.05) is 31.2 Å². The van der Waals surface area contributed by atoms with Crippen LogP contribution in [-0.2, 0) is 19.1 Å². The molecule has 202 valence electrons. The summed E-state index contributed by atoms with van der Waals surface area (Å²) in [7, 11) is 0. The van der Waals surface area contributed by atoms with Gasteiger partial charge >= 0.3 is 5.97 Å². The number of hydrogen-bond donors (Lipinski definition) is 1. The van der Waals surface area contributed by atoms with Crippen LogP contribution in [0.2, 0.25) is 0 Å². The number of ether oxygens (including phenoxy) is 1. The van der Waals surface area contributed by atoms with E-state index >= 15 is 0 Å². The van der Waals surface area contributed by atoms with Crippen molar-refractivity contribution in [3.8, 4) is 0 Å². The van der Waals surface area contributed by atoms with Gasteiger partial charge in [0.2, 0.25) is 5.91 Å². The second-order valence-electron chi connectivity index (χ2n) is 10.7. The molecule has 0 aliphatic carbocycles. The predicted molar refractivity (Wildman–Crippen MR) is 150 cm³/mol. The normalized spacial score (nSPS) is 29.5. The van der Waals surface area contributed by atoms with E-state index in [2.05, 4.69) is 6.58 Å². The summed E-state index contributed by atoms with van der Waals surface area (Å²) in [6.07, 6.45) is 4.26. The molecule has 0 saturated carbocycles. The molecule has 3 heterocycles. The Morgan fingerprint density at radius 3 is 2.68 bits per heavy atom. The molecular weight excluding hydrogens is 500 g/mol. The van der Waals surface area contributed by atoms with Crippen molar-refractivity contribution >= 4 is 46.0 Å². The SMILES string of the molecule is C=CCN(C(=O)C1N(CCCCO)C(=O)[C@@H]2[C@@H](C(=O)OCC)[C@@]3(C)CCC12S3)c1ccc2ccccc2c1. The van der Waals surface area contributed by atoms with Crippen molar-refractivity contribution in [3.63, 3.8) is 0 Å². The fourth-order valence-corrected chi connectivity index (χ4v) is 9.21. The quantitative estimate of drug-likeness (QED) is 0.279. The van der Waals surface area contributed by atoms with Gasteiger partial charge in [-0.25, -0.2) is 0 Å². The number of fused-ring (bicyclic) bond motifs is 2. The minimum absolute atomic E-state index is 0.0210. The molecule has 2 aromatic carbocycles. The lowest BCUT2D eigenvalue weighted by Crippen LogP contribution is -2.55. The van der Waals surface area contributed by atoms with Crippen molar-refractivity contribution in [2.24, 2.45) is 11.8 Å². The summed E-state index contributed by atoms with van der Waals surface area (Å²) in [5, 5.41) is 11.5. The van der Waals surface area contributed by atoms with Gasteiger partial charge in [-0.05, 0) is 62.4 Å². The van der Waals surface area contributed by atoms with Crippen LogP contribution in [0.25, 0.3) is 10.8 Å². The molecule has 0 radical (unpaired) electrons. The first kappa shape index (κ1) is 26.8. The zero-order valence-electron chi connectivity index (χ0n) is 22.1. The topological polar surface area (TPSA) is 87.2 Å². The van der Waals surface area contributed by atoms with Crippen LogP contribution >= 0.6 is 11.8 Å². The largest absolute Gasteiger partial charge is 0.466 e. The number of amides is 2. The Kier molecular flexibility index (Phi) is 7.31. The van der Waals surface area contributed by atoms with Crippen molar-refractivity contribution in [2.45, 2.75) is 55.1 Å². The monoisotopic (exact) mass is 536 g/mol. The first-order valence-corrected chi connectivity index (χ1v) is 14.3. The lowest BCUT2D eigenvalue weighted by atomic mass is 9.66.